The largest absolute Gasteiger partial charge is 0.480 e. The lowest BCUT2D eigenvalue weighted by Gasteiger charge is -2.23. The number of methoxy groups -OCH3 is 1. The van der Waals surface area contributed by atoms with E-state index in [4.69, 9.17) is 14.6 Å². The van der Waals surface area contributed by atoms with Crippen LogP contribution in [0.25, 0.3) is 0 Å². The van der Waals surface area contributed by atoms with Crippen molar-refractivity contribution in [2.45, 2.75) is 31.7 Å². The standard InChI is InChI=1S/C11H23NO4/c1-11(12-2,10(13)14)6-4-5-7-16-9-8-15-3/h12H,4-9H2,1-3H3,(H,13,14). The smallest absolute Gasteiger partial charge is 0.323 e. The first kappa shape index (κ1) is 15.3. The molecule has 0 saturated heterocycles. The van der Waals surface area contributed by atoms with E-state index in [0.29, 0.717) is 26.2 Å². The highest BCUT2D eigenvalue weighted by Crippen LogP contribution is 2.13. The fraction of sp³-hybridized carbons (Fsp3) is 0.909. The summed E-state index contributed by atoms with van der Waals surface area (Å²) in [5, 5.41) is 11.8. The number of hydrogen-bond donors (Lipinski definition) is 2. The molecule has 1 unspecified atom stereocenters. The third-order valence-electron chi connectivity index (χ3n) is 2.67. The van der Waals surface area contributed by atoms with Crippen LogP contribution in [0.15, 0.2) is 0 Å². The van der Waals surface area contributed by atoms with Gasteiger partial charge in [0.1, 0.15) is 5.54 Å². The number of unbranched alkanes of at least 4 members (excludes halogenated alkanes) is 1. The number of rotatable bonds is 10. The second-order valence-corrected chi connectivity index (χ2v) is 3.95. The van der Waals surface area contributed by atoms with Gasteiger partial charge < -0.3 is 19.9 Å². The van der Waals surface area contributed by atoms with Gasteiger partial charge in [0.25, 0.3) is 0 Å². The molecule has 0 rings (SSSR count). The Hall–Kier alpha value is -0.650. The maximum absolute atomic E-state index is 10.9. The first-order valence-electron chi connectivity index (χ1n) is 5.56. The van der Waals surface area contributed by atoms with Gasteiger partial charge >= 0.3 is 5.97 Å². The molecule has 0 spiro atoms. The topological polar surface area (TPSA) is 67.8 Å². The first-order chi connectivity index (χ1) is 7.56. The Morgan fingerprint density at radius 3 is 2.50 bits per heavy atom. The molecule has 0 aliphatic heterocycles. The summed E-state index contributed by atoms with van der Waals surface area (Å²) in [7, 11) is 3.30. The number of ether oxygens (including phenoxy) is 2. The predicted octanol–water partition coefficient (Wildman–Crippen LogP) is 0.882. The lowest BCUT2D eigenvalue weighted by molar-refractivity contribution is -0.144. The molecule has 0 aliphatic carbocycles. The molecule has 1 atom stereocenters. The minimum atomic E-state index is -0.827. The normalized spacial score (nSPS) is 14.7. The Balaban J connectivity index is 3.53. The molecule has 0 fully saturated rings. The SMILES string of the molecule is CNC(C)(CCCCOCCOC)C(=O)O. The minimum Gasteiger partial charge on any atom is -0.480 e. The molecule has 0 aromatic heterocycles. The van der Waals surface area contributed by atoms with E-state index in [1.165, 1.54) is 0 Å². The van der Waals surface area contributed by atoms with E-state index >= 15 is 0 Å². The molecule has 0 radical (unpaired) electrons. The summed E-state index contributed by atoms with van der Waals surface area (Å²) in [6, 6.07) is 0. The van der Waals surface area contributed by atoms with Gasteiger partial charge in [-0.2, -0.15) is 0 Å². The lowest BCUT2D eigenvalue weighted by Crippen LogP contribution is -2.47. The highest BCUT2D eigenvalue weighted by molar-refractivity contribution is 5.78. The average Bonchev–Trinajstić information content (AvgIpc) is 2.27. The van der Waals surface area contributed by atoms with Crippen molar-refractivity contribution in [2.24, 2.45) is 0 Å². The minimum absolute atomic E-state index is 0.596. The third-order valence-corrected chi connectivity index (χ3v) is 2.67. The maximum Gasteiger partial charge on any atom is 0.323 e. The molecule has 96 valence electrons. The zero-order chi connectivity index (χ0) is 12.4. The summed E-state index contributed by atoms with van der Waals surface area (Å²) >= 11 is 0. The number of carboxylic acids is 1. The molecule has 0 aromatic carbocycles. The van der Waals surface area contributed by atoms with Crippen LogP contribution >= 0.6 is 0 Å². The van der Waals surface area contributed by atoms with Crippen molar-refractivity contribution in [2.75, 3.05) is 34.0 Å². The quantitative estimate of drug-likeness (QED) is 0.548. The highest BCUT2D eigenvalue weighted by Gasteiger charge is 2.29. The van der Waals surface area contributed by atoms with E-state index in [-0.39, 0.29) is 0 Å². The molecule has 0 heterocycles. The van der Waals surface area contributed by atoms with Crippen LogP contribution in [-0.2, 0) is 14.3 Å². The van der Waals surface area contributed by atoms with Gasteiger partial charge in [0.2, 0.25) is 0 Å². The molecular weight excluding hydrogens is 210 g/mol. The number of carbonyl (C=O) groups is 1. The Morgan fingerprint density at radius 1 is 1.31 bits per heavy atom. The zero-order valence-corrected chi connectivity index (χ0v) is 10.4. The monoisotopic (exact) mass is 233 g/mol. The summed E-state index contributed by atoms with van der Waals surface area (Å²) in [4.78, 5) is 10.9. The molecule has 0 bridgehead atoms. The van der Waals surface area contributed by atoms with Crippen LogP contribution in [-0.4, -0.2) is 50.6 Å². The van der Waals surface area contributed by atoms with Crippen LogP contribution in [0.3, 0.4) is 0 Å². The Morgan fingerprint density at radius 2 is 2.00 bits per heavy atom. The van der Waals surface area contributed by atoms with E-state index in [1.807, 2.05) is 0 Å². The highest BCUT2D eigenvalue weighted by atomic mass is 16.5. The van der Waals surface area contributed by atoms with E-state index < -0.39 is 11.5 Å². The van der Waals surface area contributed by atoms with Gasteiger partial charge in [-0.1, -0.05) is 0 Å². The van der Waals surface area contributed by atoms with Crippen molar-refractivity contribution in [3.05, 3.63) is 0 Å². The molecule has 0 saturated carbocycles. The predicted molar refractivity (Wildman–Crippen MR) is 61.6 cm³/mol. The van der Waals surface area contributed by atoms with Gasteiger partial charge in [-0.05, 0) is 33.2 Å². The summed E-state index contributed by atoms with van der Waals surface area (Å²) in [5.41, 5.74) is -0.827. The molecule has 0 amide bonds. The van der Waals surface area contributed by atoms with Crippen LogP contribution in [0.2, 0.25) is 0 Å². The number of likely N-dealkylation sites (N-methyl/N-ethyl adjacent to an activating group) is 1. The summed E-state index contributed by atoms with van der Waals surface area (Å²) in [5.74, 6) is -0.810. The van der Waals surface area contributed by atoms with E-state index in [2.05, 4.69) is 5.32 Å². The zero-order valence-electron chi connectivity index (χ0n) is 10.4. The van der Waals surface area contributed by atoms with Crippen molar-refractivity contribution >= 4 is 5.97 Å². The summed E-state index contributed by atoms with van der Waals surface area (Å²) in [6.45, 7) is 3.55. The first-order valence-corrected chi connectivity index (χ1v) is 5.56. The lowest BCUT2D eigenvalue weighted by atomic mass is 9.95. The fourth-order valence-corrected chi connectivity index (χ4v) is 1.27. The van der Waals surface area contributed by atoms with Crippen LogP contribution in [0, 0.1) is 0 Å². The van der Waals surface area contributed by atoms with Gasteiger partial charge in [0, 0.05) is 13.7 Å². The van der Waals surface area contributed by atoms with Gasteiger partial charge in [-0.3, -0.25) is 4.79 Å². The summed E-state index contributed by atoms with van der Waals surface area (Å²) in [6.07, 6.45) is 2.30. The van der Waals surface area contributed by atoms with Crippen LogP contribution in [0.5, 0.6) is 0 Å². The average molecular weight is 233 g/mol. The molecular formula is C11H23NO4. The molecule has 0 aromatic rings. The maximum atomic E-state index is 10.9. The summed E-state index contributed by atoms with van der Waals surface area (Å²) < 4.78 is 10.1. The number of aliphatic carboxylic acids is 1. The Bertz CT molecular complexity index is 198. The molecule has 0 aliphatic rings. The van der Waals surface area contributed by atoms with Crippen LogP contribution in [0.4, 0.5) is 0 Å². The van der Waals surface area contributed by atoms with Gasteiger partial charge in [0.05, 0.1) is 13.2 Å². The van der Waals surface area contributed by atoms with Gasteiger partial charge in [-0.15, -0.1) is 0 Å². The van der Waals surface area contributed by atoms with E-state index in [9.17, 15) is 4.79 Å². The van der Waals surface area contributed by atoms with Crippen molar-refractivity contribution in [3.8, 4) is 0 Å². The van der Waals surface area contributed by atoms with Gasteiger partial charge in [0.15, 0.2) is 0 Å². The van der Waals surface area contributed by atoms with Crippen molar-refractivity contribution in [3.63, 3.8) is 0 Å². The molecule has 16 heavy (non-hydrogen) atoms. The molecule has 5 nitrogen and oxygen atoms in total. The van der Waals surface area contributed by atoms with Crippen molar-refractivity contribution < 1.29 is 19.4 Å². The Kier molecular flexibility index (Phi) is 8.15. The van der Waals surface area contributed by atoms with Crippen molar-refractivity contribution in [1.29, 1.82) is 0 Å². The third kappa shape index (κ3) is 6.05. The van der Waals surface area contributed by atoms with Gasteiger partial charge in [-0.25, -0.2) is 0 Å². The second kappa shape index (κ2) is 8.50. The molecule has 2 N–H and O–H groups in total. The van der Waals surface area contributed by atoms with E-state index in [0.717, 1.165) is 12.8 Å². The number of hydrogen-bond acceptors (Lipinski definition) is 4. The number of carboxylic acid groups (broad SMARTS) is 1. The number of nitrogens with one attached hydrogen (secondary N) is 1. The second-order valence-electron chi connectivity index (χ2n) is 3.95. The van der Waals surface area contributed by atoms with Crippen LogP contribution < -0.4 is 5.32 Å². The Labute approximate surface area is 97.1 Å². The van der Waals surface area contributed by atoms with Crippen molar-refractivity contribution in [1.82, 2.24) is 5.32 Å². The molecule has 5 heteroatoms. The van der Waals surface area contributed by atoms with E-state index in [1.54, 1.807) is 21.1 Å². The fourth-order valence-electron chi connectivity index (χ4n) is 1.27. The van der Waals surface area contributed by atoms with Crippen LogP contribution in [0.1, 0.15) is 26.2 Å².